The van der Waals surface area contributed by atoms with E-state index in [0.29, 0.717) is 56.1 Å². The van der Waals surface area contributed by atoms with Crippen molar-refractivity contribution in [2.75, 3.05) is 26.2 Å². The summed E-state index contributed by atoms with van der Waals surface area (Å²) in [5, 5.41) is 3.27. The van der Waals surface area contributed by atoms with Crippen molar-refractivity contribution < 1.29 is 28.7 Å². The predicted octanol–water partition coefficient (Wildman–Crippen LogP) is 2.58. The van der Waals surface area contributed by atoms with Gasteiger partial charge in [-0.25, -0.2) is 0 Å². The van der Waals surface area contributed by atoms with Gasteiger partial charge in [0.1, 0.15) is 0 Å². The smallest absolute Gasteiger partial charge is 0.309 e. The Hall–Kier alpha value is -2.61. The van der Waals surface area contributed by atoms with E-state index in [1.54, 1.807) is 43.0 Å². The zero-order chi connectivity index (χ0) is 22.8. The lowest BCUT2D eigenvalue weighted by atomic mass is 9.97. The van der Waals surface area contributed by atoms with Crippen LogP contribution in [0.2, 0.25) is 5.02 Å². The first-order valence-corrected chi connectivity index (χ1v) is 10.9. The Labute approximate surface area is 187 Å². The van der Waals surface area contributed by atoms with Crippen LogP contribution in [0.5, 0.6) is 0 Å². The summed E-state index contributed by atoms with van der Waals surface area (Å²) in [6.07, 6.45) is 0.667. The Balaban J connectivity index is 1.65. The number of esters is 2. The first kappa shape index (κ1) is 24.7. The first-order valence-electron chi connectivity index (χ1n) is 10.5. The van der Waals surface area contributed by atoms with Gasteiger partial charge in [0.15, 0.2) is 6.10 Å². The average Bonchev–Trinajstić information content (AvgIpc) is 2.76. The lowest BCUT2D eigenvalue weighted by Crippen LogP contribution is -2.45. The molecule has 0 saturated carbocycles. The number of hydrogen-bond acceptors (Lipinski definition) is 6. The number of rotatable bonds is 9. The van der Waals surface area contributed by atoms with Gasteiger partial charge in [0.05, 0.1) is 12.5 Å². The van der Waals surface area contributed by atoms with E-state index < -0.39 is 12.1 Å². The third-order valence-corrected chi connectivity index (χ3v) is 5.28. The molecule has 0 aromatic heterocycles. The van der Waals surface area contributed by atoms with Crippen LogP contribution in [0.1, 0.15) is 49.9 Å². The third kappa shape index (κ3) is 7.86. The summed E-state index contributed by atoms with van der Waals surface area (Å²) in [4.78, 5) is 49.9. The normalized spacial score (nSPS) is 15.1. The fraction of sp³-hybridized carbons (Fsp3) is 0.545. The van der Waals surface area contributed by atoms with E-state index in [-0.39, 0.29) is 30.1 Å². The van der Waals surface area contributed by atoms with E-state index in [4.69, 9.17) is 21.1 Å². The predicted molar refractivity (Wildman–Crippen MR) is 115 cm³/mol. The second-order valence-corrected chi connectivity index (χ2v) is 7.79. The molecule has 1 fully saturated rings. The van der Waals surface area contributed by atoms with Crippen molar-refractivity contribution >= 4 is 35.4 Å². The van der Waals surface area contributed by atoms with Crippen molar-refractivity contribution in [2.24, 2.45) is 5.92 Å². The van der Waals surface area contributed by atoms with Crippen LogP contribution < -0.4 is 5.32 Å². The molecule has 9 heteroatoms. The number of carbonyl (C=O) groups is 4. The Bertz CT molecular complexity index is 775. The van der Waals surface area contributed by atoms with E-state index in [9.17, 15) is 19.2 Å². The van der Waals surface area contributed by atoms with Gasteiger partial charge >= 0.3 is 11.9 Å². The van der Waals surface area contributed by atoms with Crippen molar-refractivity contribution in [3.05, 3.63) is 34.9 Å². The minimum absolute atomic E-state index is 0.0868. The third-order valence-electron chi connectivity index (χ3n) is 5.03. The number of carbonyl (C=O) groups excluding carboxylic acids is 4. The van der Waals surface area contributed by atoms with Crippen molar-refractivity contribution in [3.8, 4) is 0 Å². The molecule has 1 unspecified atom stereocenters. The van der Waals surface area contributed by atoms with Gasteiger partial charge in [0.25, 0.3) is 11.8 Å². The molecule has 1 heterocycles. The summed E-state index contributed by atoms with van der Waals surface area (Å²) >= 11 is 5.79. The monoisotopic (exact) mass is 452 g/mol. The molecule has 170 valence electrons. The van der Waals surface area contributed by atoms with Gasteiger partial charge in [0.2, 0.25) is 0 Å². The Kier molecular flexibility index (Phi) is 9.78. The summed E-state index contributed by atoms with van der Waals surface area (Å²) in [6, 6.07) is 6.50. The summed E-state index contributed by atoms with van der Waals surface area (Å²) < 4.78 is 10.3. The van der Waals surface area contributed by atoms with Crippen LogP contribution in [0.3, 0.4) is 0 Å². The number of amides is 2. The average molecular weight is 453 g/mol. The topological polar surface area (TPSA) is 102 Å². The molecule has 8 nitrogen and oxygen atoms in total. The van der Waals surface area contributed by atoms with Crippen molar-refractivity contribution in [1.82, 2.24) is 10.2 Å². The van der Waals surface area contributed by atoms with Crippen LogP contribution in [0.25, 0.3) is 0 Å². The molecule has 31 heavy (non-hydrogen) atoms. The van der Waals surface area contributed by atoms with Gasteiger partial charge in [-0.1, -0.05) is 11.6 Å². The van der Waals surface area contributed by atoms with Gasteiger partial charge in [-0.3, -0.25) is 19.2 Å². The van der Waals surface area contributed by atoms with Crippen molar-refractivity contribution in [2.45, 2.75) is 45.6 Å². The molecule has 2 rings (SSSR count). The van der Waals surface area contributed by atoms with Crippen LogP contribution >= 0.6 is 11.6 Å². The molecule has 1 N–H and O–H groups in total. The van der Waals surface area contributed by atoms with Gasteiger partial charge in [-0.05, 0) is 57.4 Å². The number of nitrogens with zero attached hydrogens (tertiary/aromatic N) is 1. The Morgan fingerprint density at radius 1 is 1.16 bits per heavy atom. The number of likely N-dealkylation sites (tertiary alicyclic amines) is 1. The Morgan fingerprint density at radius 3 is 2.42 bits per heavy atom. The summed E-state index contributed by atoms with van der Waals surface area (Å²) in [7, 11) is 0. The molecule has 2 amide bonds. The number of nitrogens with one attached hydrogen (secondary N) is 1. The Morgan fingerprint density at radius 2 is 1.81 bits per heavy atom. The SMILES string of the molecule is CCOC(=O)C1CCN(C(=O)C(C)OC(=O)CCCNC(=O)c2ccc(Cl)cc2)CC1. The highest BCUT2D eigenvalue weighted by molar-refractivity contribution is 6.30. The maximum Gasteiger partial charge on any atom is 0.309 e. The summed E-state index contributed by atoms with van der Waals surface area (Å²) in [5.74, 6) is -1.43. The highest BCUT2D eigenvalue weighted by Gasteiger charge is 2.31. The minimum Gasteiger partial charge on any atom is -0.466 e. The molecular weight excluding hydrogens is 424 g/mol. The van der Waals surface area contributed by atoms with Gasteiger partial charge in [-0.2, -0.15) is 0 Å². The largest absolute Gasteiger partial charge is 0.466 e. The molecule has 0 aliphatic carbocycles. The number of benzene rings is 1. The second-order valence-electron chi connectivity index (χ2n) is 7.35. The van der Waals surface area contributed by atoms with Crippen molar-refractivity contribution in [1.29, 1.82) is 0 Å². The molecule has 1 saturated heterocycles. The van der Waals surface area contributed by atoms with Crippen LogP contribution in [-0.2, 0) is 23.9 Å². The maximum atomic E-state index is 12.5. The summed E-state index contributed by atoms with van der Waals surface area (Å²) in [6.45, 7) is 4.82. The molecule has 0 spiro atoms. The van der Waals surface area contributed by atoms with Gasteiger partial charge < -0.3 is 19.7 Å². The van der Waals surface area contributed by atoms with Crippen LogP contribution in [0, 0.1) is 5.92 Å². The molecule has 1 aliphatic heterocycles. The van der Waals surface area contributed by atoms with Crippen LogP contribution in [0.15, 0.2) is 24.3 Å². The molecule has 0 bridgehead atoms. The standard InChI is InChI=1S/C22H29ClN2O6/c1-3-30-22(29)17-10-13-25(14-11-17)21(28)15(2)31-19(26)5-4-12-24-20(27)16-6-8-18(23)9-7-16/h6-9,15,17H,3-5,10-14H2,1-2H3,(H,24,27). The maximum absolute atomic E-state index is 12.5. The van der Waals surface area contributed by atoms with E-state index in [1.165, 1.54) is 0 Å². The van der Waals surface area contributed by atoms with Crippen molar-refractivity contribution in [3.63, 3.8) is 0 Å². The minimum atomic E-state index is -0.893. The first-order chi connectivity index (χ1) is 14.8. The number of hydrogen-bond donors (Lipinski definition) is 1. The lowest BCUT2D eigenvalue weighted by molar-refractivity contribution is -0.160. The van der Waals surface area contributed by atoms with E-state index in [1.807, 2.05) is 0 Å². The number of halogens is 1. The molecule has 1 aliphatic rings. The second kappa shape index (κ2) is 12.3. The van der Waals surface area contributed by atoms with Gasteiger partial charge in [0, 0.05) is 36.6 Å². The fourth-order valence-electron chi connectivity index (χ4n) is 3.30. The van der Waals surface area contributed by atoms with Crippen LogP contribution in [0.4, 0.5) is 0 Å². The molecule has 1 aromatic carbocycles. The molecular formula is C22H29ClN2O6. The quantitative estimate of drug-likeness (QED) is 0.456. The molecule has 1 aromatic rings. The lowest BCUT2D eigenvalue weighted by Gasteiger charge is -2.32. The van der Waals surface area contributed by atoms with E-state index in [0.717, 1.165) is 0 Å². The zero-order valence-electron chi connectivity index (χ0n) is 17.9. The molecule has 0 radical (unpaired) electrons. The number of piperidine rings is 1. The highest BCUT2D eigenvalue weighted by atomic mass is 35.5. The highest BCUT2D eigenvalue weighted by Crippen LogP contribution is 2.20. The van der Waals surface area contributed by atoms with Crippen LogP contribution in [-0.4, -0.2) is 61.0 Å². The molecule has 1 atom stereocenters. The number of ether oxygens (including phenoxy) is 2. The van der Waals surface area contributed by atoms with Gasteiger partial charge in [-0.15, -0.1) is 0 Å². The van der Waals surface area contributed by atoms with E-state index >= 15 is 0 Å². The summed E-state index contributed by atoms with van der Waals surface area (Å²) in [5.41, 5.74) is 0.484. The van der Waals surface area contributed by atoms with E-state index in [2.05, 4.69) is 5.32 Å². The fourth-order valence-corrected chi connectivity index (χ4v) is 3.42. The zero-order valence-corrected chi connectivity index (χ0v) is 18.7.